The van der Waals surface area contributed by atoms with E-state index in [0.717, 1.165) is 162 Å². The van der Waals surface area contributed by atoms with Crippen molar-refractivity contribution in [3.63, 3.8) is 0 Å². The molecule has 0 fully saturated rings. The molecule has 0 aliphatic carbocycles. The molecule has 18 aromatic rings. The largest absolute Gasteiger partial charge is 0.310 e. The number of rotatable bonds is 11. The van der Waals surface area contributed by atoms with Gasteiger partial charge in [0.25, 0.3) is 6.71 Å². The molecule has 7 heteroatoms. The summed E-state index contributed by atoms with van der Waals surface area (Å²) in [6.07, 6.45) is 0. The van der Waals surface area contributed by atoms with Gasteiger partial charge < -0.3 is 18.9 Å². The molecule has 0 amide bonds. The van der Waals surface area contributed by atoms with Crippen molar-refractivity contribution in [3.8, 4) is 95.3 Å². The van der Waals surface area contributed by atoms with Crippen LogP contribution in [-0.2, 0) is 10.8 Å². The Morgan fingerprint density at radius 1 is 0.301 bits per heavy atom. The zero-order chi connectivity index (χ0) is 76.4. The van der Waals surface area contributed by atoms with E-state index in [1.807, 2.05) is 36.4 Å². The molecule has 534 valence electrons. The van der Waals surface area contributed by atoms with Crippen LogP contribution in [0.2, 0.25) is 0 Å². The minimum atomic E-state index is -0.352. The molecule has 6 nitrogen and oxygen atoms in total. The minimum Gasteiger partial charge on any atom is -0.310 e. The number of anilines is 6. The summed E-state index contributed by atoms with van der Waals surface area (Å²) in [5.41, 5.74) is 34.0. The number of benzene rings is 16. The average Bonchev–Trinajstić information content (AvgIpc) is 1.49. The number of nitrogens with zero attached hydrogens (tertiary/aromatic N) is 6. The van der Waals surface area contributed by atoms with Gasteiger partial charge in [0.1, 0.15) is 0 Å². The van der Waals surface area contributed by atoms with E-state index < -0.39 is 0 Å². The summed E-state index contributed by atoms with van der Waals surface area (Å²) in [5, 5.41) is 15.4. The Balaban J connectivity index is 0.983. The molecule has 0 radical (unpaired) electrons. The molecule has 2 aliphatic rings. The SMILES string of the molecule is [C-]#[N+]c1cccc(-c2cc(-c3ccccc3)c(N3c4cc(-n5c6ccccc6c6ccccc65)ccc4B4c5ccc(-n6c7ccccc7c7ccccc76)cc5N(c5c(-c6ccccc6)cc(-c6cccc(C#N)c6)cc5-c5ccc(C(C)(C)C)cc5)c5cc(-c6ccccc6)cc3c54)c(-c3ccc(C(C)(C)C)cc3)c2)c1. The molecule has 0 bridgehead atoms. The van der Waals surface area contributed by atoms with E-state index >= 15 is 0 Å². The fourth-order valence-electron chi connectivity index (χ4n) is 17.9. The van der Waals surface area contributed by atoms with E-state index in [-0.39, 0.29) is 17.5 Å². The van der Waals surface area contributed by atoms with Crippen LogP contribution in [0.5, 0.6) is 0 Å². The molecule has 2 aromatic heterocycles. The molecule has 16 aromatic carbocycles. The van der Waals surface area contributed by atoms with Gasteiger partial charge in [-0.05, 0) is 197 Å². The summed E-state index contributed by atoms with van der Waals surface area (Å²) in [7, 11) is 0. The molecule has 0 saturated heterocycles. The number of aromatic nitrogens is 2. The lowest BCUT2D eigenvalue weighted by molar-refractivity contribution is 0.590. The molecule has 0 unspecified atom stereocenters. The number of nitriles is 1. The first-order chi connectivity index (χ1) is 55.2. The van der Waals surface area contributed by atoms with Gasteiger partial charge in [0.2, 0.25) is 0 Å². The van der Waals surface area contributed by atoms with Crippen molar-refractivity contribution in [2.75, 3.05) is 9.80 Å². The normalized spacial score (nSPS) is 12.4. The molecule has 0 spiro atoms. The van der Waals surface area contributed by atoms with Crippen LogP contribution in [0.25, 0.3) is 138 Å². The van der Waals surface area contributed by atoms with Crippen molar-refractivity contribution in [2.45, 2.75) is 52.4 Å². The summed E-state index contributed by atoms with van der Waals surface area (Å²) in [6, 6.07) is 135. The monoisotopic (exact) mass is 1440 g/mol. The standard InChI is InChI=1S/C106H77BN6/c1-105(2,3)79-49-45-72(46-50-79)90-60-76(74-34-25-27-68(57-74)67-108)59-88(70-30-13-9-14-31-70)103(90)112-98-65-82(110-94-41-21-17-37-84(94)85-38-18-22-42-95(85)110)53-55-92(98)107-93-56-54-83(111-96-43-23-19-39-86(96)87-40-20-24-44-97(87)111)66-99(93)113(101-64-78(63-100(112)102(101)107)69-28-11-8-12-29-69)104-89(71-32-15-10-16-33-71)61-77(75-35-26-36-81(58-75)109-7)62-91(104)73-47-51-80(52-48-73)106(4,5)6/h8-66H,1-6H3. The Morgan fingerprint density at radius 3 is 1.04 bits per heavy atom. The Labute approximate surface area is 660 Å². The van der Waals surface area contributed by atoms with Crippen LogP contribution >= 0.6 is 0 Å². The molecule has 20 rings (SSSR count). The lowest BCUT2D eigenvalue weighted by atomic mass is 9.33. The minimum absolute atomic E-state index is 0.120. The van der Waals surface area contributed by atoms with Crippen LogP contribution in [0.4, 0.5) is 39.8 Å². The van der Waals surface area contributed by atoms with Crippen LogP contribution in [0.3, 0.4) is 0 Å². The highest BCUT2D eigenvalue weighted by Crippen LogP contribution is 2.56. The maximum atomic E-state index is 10.6. The fourth-order valence-corrected chi connectivity index (χ4v) is 17.9. The van der Waals surface area contributed by atoms with E-state index in [4.69, 9.17) is 6.57 Å². The number of hydrogen-bond donors (Lipinski definition) is 0. The van der Waals surface area contributed by atoms with Crippen LogP contribution in [-0.4, -0.2) is 15.8 Å². The predicted molar refractivity (Wildman–Crippen MR) is 476 cm³/mol. The highest BCUT2D eigenvalue weighted by Gasteiger charge is 2.46. The predicted octanol–water partition coefficient (Wildman–Crippen LogP) is 26.6. The first kappa shape index (κ1) is 68.1. The van der Waals surface area contributed by atoms with Crippen molar-refractivity contribution < 1.29 is 0 Å². The molecule has 2 aliphatic heterocycles. The third-order valence-corrected chi connectivity index (χ3v) is 23.4. The van der Waals surface area contributed by atoms with E-state index in [1.165, 1.54) is 32.7 Å². The summed E-state index contributed by atoms with van der Waals surface area (Å²) in [4.78, 5) is 9.33. The van der Waals surface area contributed by atoms with Crippen molar-refractivity contribution in [3.05, 3.63) is 386 Å². The van der Waals surface area contributed by atoms with Gasteiger partial charge in [0, 0.05) is 77.9 Å². The molecule has 0 atom stereocenters. The van der Waals surface area contributed by atoms with Gasteiger partial charge in [0.15, 0.2) is 5.69 Å². The van der Waals surface area contributed by atoms with E-state index in [2.05, 4.69) is 393 Å². The van der Waals surface area contributed by atoms with Crippen LogP contribution in [0.1, 0.15) is 58.2 Å². The number of hydrogen-bond acceptors (Lipinski definition) is 3. The third kappa shape index (κ3) is 11.5. The van der Waals surface area contributed by atoms with E-state index in [9.17, 15) is 5.26 Å². The topological polar surface area (TPSA) is 44.5 Å². The molecular weight excluding hydrogens is 1370 g/mol. The second-order valence-corrected chi connectivity index (χ2v) is 32.2. The molecule has 4 heterocycles. The van der Waals surface area contributed by atoms with Crippen molar-refractivity contribution in [2.24, 2.45) is 0 Å². The smallest absolute Gasteiger partial charge is 0.252 e. The van der Waals surface area contributed by atoms with Gasteiger partial charge in [-0.25, -0.2) is 4.85 Å². The highest BCUT2D eigenvalue weighted by atomic mass is 15.2. The van der Waals surface area contributed by atoms with Crippen LogP contribution in [0, 0.1) is 17.9 Å². The van der Waals surface area contributed by atoms with E-state index in [0.29, 0.717) is 11.3 Å². The Morgan fingerprint density at radius 2 is 0.646 bits per heavy atom. The van der Waals surface area contributed by atoms with E-state index in [1.54, 1.807) is 0 Å². The lowest BCUT2D eigenvalue weighted by Crippen LogP contribution is -2.61. The van der Waals surface area contributed by atoms with Gasteiger partial charge in [-0.15, -0.1) is 0 Å². The second kappa shape index (κ2) is 26.8. The first-order valence-electron chi connectivity index (χ1n) is 39.0. The lowest BCUT2D eigenvalue weighted by Gasteiger charge is -2.46. The van der Waals surface area contributed by atoms with Gasteiger partial charge >= 0.3 is 0 Å². The van der Waals surface area contributed by atoms with Gasteiger partial charge in [-0.3, -0.25) is 0 Å². The zero-order valence-corrected chi connectivity index (χ0v) is 63.8. The van der Waals surface area contributed by atoms with Gasteiger partial charge in [-0.1, -0.05) is 296 Å². The quantitative estimate of drug-likeness (QED) is 0.0958. The number of fused-ring (bicyclic) bond motifs is 10. The Kier molecular flexibility index (Phi) is 16.2. The summed E-state index contributed by atoms with van der Waals surface area (Å²) < 4.78 is 4.94. The highest BCUT2D eigenvalue weighted by molar-refractivity contribution is 7.00. The number of para-hydroxylation sites is 4. The van der Waals surface area contributed by atoms with Gasteiger partial charge in [0.05, 0.1) is 51.6 Å². The van der Waals surface area contributed by atoms with Gasteiger partial charge in [-0.2, -0.15) is 5.26 Å². The van der Waals surface area contributed by atoms with Crippen LogP contribution < -0.4 is 26.2 Å². The summed E-state index contributed by atoms with van der Waals surface area (Å²) >= 11 is 0. The van der Waals surface area contributed by atoms with Crippen LogP contribution in [0.15, 0.2) is 358 Å². The first-order valence-corrected chi connectivity index (χ1v) is 39.0. The Hall–Kier alpha value is -14.2. The maximum absolute atomic E-state index is 10.6. The third-order valence-electron chi connectivity index (χ3n) is 23.4. The molecular formula is C106H77BN6. The van der Waals surface area contributed by atoms with Crippen molar-refractivity contribution in [1.82, 2.24) is 9.13 Å². The molecule has 0 saturated carbocycles. The zero-order valence-electron chi connectivity index (χ0n) is 63.8. The summed E-state index contributed by atoms with van der Waals surface area (Å²) in [5.74, 6) is 0. The summed E-state index contributed by atoms with van der Waals surface area (Å²) in [6.45, 7) is 21.7. The molecule has 0 N–H and O–H groups in total. The molecule has 113 heavy (non-hydrogen) atoms. The second-order valence-electron chi connectivity index (χ2n) is 32.2. The fraction of sp³-hybridized carbons (Fsp3) is 0.0755. The average molecular weight is 1450 g/mol. The van der Waals surface area contributed by atoms with Crippen molar-refractivity contribution in [1.29, 1.82) is 5.26 Å². The van der Waals surface area contributed by atoms with Crippen molar-refractivity contribution >= 4 is 107 Å². The Bertz CT molecular complexity index is 6460. The maximum Gasteiger partial charge on any atom is 0.252 e.